The molecule has 11 heteroatoms. The monoisotopic (exact) mass is 548 g/mol. The van der Waals surface area contributed by atoms with Crippen molar-refractivity contribution in [2.45, 2.75) is 25.9 Å². The molecule has 2 atom stereocenters. The number of anilines is 2. The number of aryl methyl sites for hydroxylation is 1. The predicted molar refractivity (Wildman–Crippen MR) is 152 cm³/mol. The lowest BCUT2D eigenvalue weighted by Crippen LogP contribution is -2.29. The van der Waals surface area contributed by atoms with Crippen molar-refractivity contribution in [3.8, 4) is 11.4 Å². The molecule has 0 saturated carbocycles. The Morgan fingerprint density at radius 3 is 2.53 bits per heavy atom. The number of hydrogen-bond donors (Lipinski definition) is 2. The van der Waals surface area contributed by atoms with Crippen LogP contribution in [0.1, 0.15) is 34.7 Å². The lowest BCUT2D eigenvalue weighted by molar-refractivity contribution is 0.417. The first-order valence-electron chi connectivity index (χ1n) is 11.9. The van der Waals surface area contributed by atoms with Gasteiger partial charge < -0.3 is 19.5 Å². The Labute approximate surface area is 227 Å². The molecule has 9 nitrogen and oxygen atoms in total. The van der Waals surface area contributed by atoms with Crippen LogP contribution in [0, 0.1) is 13.8 Å². The molecular weight excluding hydrogens is 520 g/mol. The van der Waals surface area contributed by atoms with Gasteiger partial charge in [0, 0.05) is 35.5 Å². The van der Waals surface area contributed by atoms with Crippen LogP contribution in [0.4, 0.5) is 11.4 Å². The molecule has 0 radical (unpaired) electrons. The van der Waals surface area contributed by atoms with Gasteiger partial charge in [-0.1, -0.05) is 6.07 Å². The van der Waals surface area contributed by atoms with Crippen LogP contribution >= 0.6 is 12.2 Å². The number of pyridine rings is 2. The number of ether oxygens (including phenoxy) is 1. The summed E-state index contributed by atoms with van der Waals surface area (Å²) in [4.78, 5) is 11.0. The van der Waals surface area contributed by atoms with Gasteiger partial charge in [0.15, 0.2) is 5.11 Å². The maximum atomic E-state index is 11.9. The fourth-order valence-electron chi connectivity index (χ4n) is 5.03. The van der Waals surface area contributed by atoms with Crippen LogP contribution < -0.4 is 19.7 Å². The van der Waals surface area contributed by atoms with Crippen molar-refractivity contribution in [2.24, 2.45) is 0 Å². The van der Waals surface area contributed by atoms with Gasteiger partial charge in [-0.25, -0.2) is 8.42 Å². The fourth-order valence-corrected chi connectivity index (χ4v) is 5.95. The van der Waals surface area contributed by atoms with Crippen molar-refractivity contribution in [1.29, 1.82) is 0 Å². The highest BCUT2D eigenvalue weighted by molar-refractivity contribution is 7.92. The standard InChI is InChI=1S/C27H28N6O3S2/c1-17-14-21(18(2)32(17)20-8-7-12-28-16-20)26-25(23-9-5-6-13-29-23)30-27(37)33(26)19-10-11-22(24(15-19)36-3)31-38(4,34)35/h5-16,25-26,31H,1-4H3,(H,30,37). The molecule has 4 aromatic rings. The van der Waals surface area contributed by atoms with Crippen molar-refractivity contribution >= 4 is 38.7 Å². The molecule has 1 saturated heterocycles. The van der Waals surface area contributed by atoms with E-state index in [-0.39, 0.29) is 12.1 Å². The van der Waals surface area contributed by atoms with Gasteiger partial charge in [0.1, 0.15) is 5.75 Å². The summed E-state index contributed by atoms with van der Waals surface area (Å²) in [6.45, 7) is 4.16. The number of nitrogens with one attached hydrogen (secondary N) is 2. The Kier molecular flexibility index (Phi) is 6.80. The first kappa shape index (κ1) is 25.7. The summed E-state index contributed by atoms with van der Waals surface area (Å²) in [5, 5.41) is 4.00. The highest BCUT2D eigenvalue weighted by atomic mass is 32.2. The summed E-state index contributed by atoms with van der Waals surface area (Å²) in [6, 6.07) is 16.8. The van der Waals surface area contributed by atoms with Gasteiger partial charge in [0.2, 0.25) is 10.0 Å². The van der Waals surface area contributed by atoms with E-state index in [0.717, 1.165) is 40.3 Å². The Morgan fingerprint density at radius 2 is 1.87 bits per heavy atom. The molecular formula is C27H28N6O3S2. The normalized spacial score (nSPS) is 17.4. The van der Waals surface area contributed by atoms with Crippen LogP contribution in [-0.2, 0) is 10.0 Å². The van der Waals surface area contributed by atoms with E-state index in [2.05, 4.69) is 44.5 Å². The maximum absolute atomic E-state index is 11.9. The number of rotatable bonds is 7. The summed E-state index contributed by atoms with van der Waals surface area (Å²) in [7, 11) is -1.98. The van der Waals surface area contributed by atoms with Crippen molar-refractivity contribution in [3.63, 3.8) is 0 Å². The average Bonchev–Trinajstić information content (AvgIpc) is 3.39. The number of methoxy groups -OCH3 is 1. The molecule has 5 rings (SSSR count). The second-order valence-corrected chi connectivity index (χ2v) is 11.3. The first-order valence-corrected chi connectivity index (χ1v) is 14.2. The number of nitrogens with zero attached hydrogens (tertiary/aromatic N) is 4. The van der Waals surface area contributed by atoms with Crippen molar-refractivity contribution < 1.29 is 13.2 Å². The van der Waals surface area contributed by atoms with Gasteiger partial charge in [-0.2, -0.15) is 0 Å². The third kappa shape index (κ3) is 4.82. The highest BCUT2D eigenvalue weighted by Crippen LogP contribution is 2.45. The van der Waals surface area contributed by atoms with E-state index in [4.69, 9.17) is 17.0 Å². The minimum Gasteiger partial charge on any atom is -0.494 e. The lowest BCUT2D eigenvalue weighted by atomic mass is 9.96. The van der Waals surface area contributed by atoms with Crippen LogP contribution in [0.3, 0.4) is 0 Å². The Morgan fingerprint density at radius 1 is 1.05 bits per heavy atom. The van der Waals surface area contributed by atoms with Crippen LogP contribution in [0.15, 0.2) is 73.2 Å². The van der Waals surface area contributed by atoms with Crippen molar-refractivity contribution in [2.75, 3.05) is 23.0 Å². The zero-order chi connectivity index (χ0) is 27.0. The predicted octanol–water partition coefficient (Wildman–Crippen LogP) is 4.44. The molecule has 1 fully saturated rings. The number of hydrogen-bond acceptors (Lipinski definition) is 6. The molecule has 38 heavy (non-hydrogen) atoms. The van der Waals surface area contributed by atoms with Gasteiger partial charge in [-0.15, -0.1) is 0 Å². The van der Waals surface area contributed by atoms with Crippen LogP contribution in [0.25, 0.3) is 5.69 Å². The second kappa shape index (κ2) is 10.1. The summed E-state index contributed by atoms with van der Waals surface area (Å²) in [5.41, 5.74) is 6.13. The quantitative estimate of drug-likeness (QED) is 0.327. The van der Waals surface area contributed by atoms with Gasteiger partial charge in [0.05, 0.1) is 48.7 Å². The smallest absolute Gasteiger partial charge is 0.229 e. The molecule has 0 bridgehead atoms. The molecule has 1 aliphatic rings. The zero-order valence-corrected chi connectivity index (χ0v) is 23.0. The number of sulfonamides is 1. The maximum Gasteiger partial charge on any atom is 0.229 e. The van der Waals surface area contributed by atoms with E-state index < -0.39 is 10.0 Å². The largest absolute Gasteiger partial charge is 0.494 e. The van der Waals surface area contributed by atoms with Crippen molar-refractivity contribution in [3.05, 3.63) is 95.8 Å². The molecule has 1 aliphatic heterocycles. The minimum atomic E-state index is -3.48. The third-order valence-corrected chi connectivity index (χ3v) is 7.46. The van der Waals surface area contributed by atoms with Gasteiger partial charge in [-0.05, 0) is 74.1 Å². The molecule has 196 valence electrons. The topological polar surface area (TPSA) is 101 Å². The summed E-state index contributed by atoms with van der Waals surface area (Å²) < 4.78 is 34.0. The van der Waals surface area contributed by atoms with E-state index in [1.165, 1.54) is 7.11 Å². The Hall–Kier alpha value is -3.96. The molecule has 2 unspecified atom stereocenters. The third-order valence-electron chi connectivity index (χ3n) is 6.55. The lowest BCUT2D eigenvalue weighted by Gasteiger charge is -2.29. The Bertz CT molecular complexity index is 1590. The summed E-state index contributed by atoms with van der Waals surface area (Å²) in [6.07, 6.45) is 6.47. The van der Waals surface area contributed by atoms with Crippen LogP contribution in [-0.4, -0.2) is 41.4 Å². The van der Waals surface area contributed by atoms with E-state index in [9.17, 15) is 8.42 Å². The van der Waals surface area contributed by atoms with Crippen LogP contribution in [0.2, 0.25) is 0 Å². The molecule has 0 aliphatic carbocycles. The molecule has 1 aromatic carbocycles. The molecule has 4 heterocycles. The SMILES string of the molecule is COc1cc(N2C(=S)NC(c3ccccn3)C2c2cc(C)n(-c3cccnc3)c2C)ccc1NS(C)(=O)=O. The molecule has 2 N–H and O–H groups in total. The van der Waals surface area contributed by atoms with Gasteiger partial charge in [-0.3, -0.25) is 14.7 Å². The van der Waals surface area contributed by atoms with E-state index in [0.29, 0.717) is 16.5 Å². The summed E-state index contributed by atoms with van der Waals surface area (Å²) in [5.74, 6) is 0.386. The molecule has 3 aromatic heterocycles. The first-order chi connectivity index (χ1) is 18.2. The number of thiocarbonyl (C=S) groups is 1. The zero-order valence-electron chi connectivity index (χ0n) is 21.4. The van der Waals surface area contributed by atoms with Gasteiger partial charge in [0.25, 0.3) is 0 Å². The fraction of sp³-hybridized carbons (Fsp3) is 0.222. The minimum absolute atomic E-state index is 0.230. The second-order valence-electron chi connectivity index (χ2n) is 9.13. The molecule has 0 spiro atoms. The van der Waals surface area contributed by atoms with Gasteiger partial charge >= 0.3 is 0 Å². The number of aromatic nitrogens is 3. The number of benzene rings is 1. The molecule has 0 amide bonds. The average molecular weight is 549 g/mol. The highest BCUT2D eigenvalue weighted by Gasteiger charge is 2.42. The van der Waals surface area contributed by atoms with Crippen LogP contribution in [0.5, 0.6) is 5.75 Å². The van der Waals surface area contributed by atoms with E-state index in [1.54, 1.807) is 24.5 Å². The Balaban J connectivity index is 1.66. The van der Waals surface area contributed by atoms with E-state index in [1.807, 2.05) is 47.5 Å². The van der Waals surface area contributed by atoms with Crippen molar-refractivity contribution in [1.82, 2.24) is 19.9 Å². The van der Waals surface area contributed by atoms with E-state index >= 15 is 0 Å². The summed E-state index contributed by atoms with van der Waals surface area (Å²) >= 11 is 5.87.